The molecule has 0 spiro atoms. The first kappa shape index (κ1) is 18.7. The lowest BCUT2D eigenvalue weighted by atomic mass is 10.1. The predicted molar refractivity (Wildman–Crippen MR) is 122 cm³/mol. The average molecular weight is 430 g/mol. The molecule has 0 fully saturated rings. The number of hydrogen-bond acceptors (Lipinski definition) is 5. The summed E-state index contributed by atoms with van der Waals surface area (Å²) >= 11 is 7.67. The molecule has 0 atom stereocenters. The Balaban J connectivity index is 1.64. The van der Waals surface area contributed by atoms with Gasteiger partial charge < -0.3 is 0 Å². The Labute approximate surface area is 182 Å². The fraction of sp³-hybridized carbons (Fsp3) is 0.0435. The zero-order valence-electron chi connectivity index (χ0n) is 16.0. The molecular formula is C23H16ClN5S. The van der Waals surface area contributed by atoms with Crippen molar-refractivity contribution in [2.45, 2.75) is 6.92 Å². The summed E-state index contributed by atoms with van der Waals surface area (Å²) < 4.78 is 1.84. The maximum Gasteiger partial charge on any atom is 0.215 e. The van der Waals surface area contributed by atoms with Crippen LogP contribution in [0.3, 0.4) is 0 Å². The second-order valence-corrected chi connectivity index (χ2v) is 8.13. The summed E-state index contributed by atoms with van der Waals surface area (Å²) in [7, 11) is 0. The molecule has 5 rings (SSSR count). The van der Waals surface area contributed by atoms with Crippen molar-refractivity contribution in [1.82, 2.24) is 14.6 Å². The molecule has 2 heterocycles. The first-order valence-electron chi connectivity index (χ1n) is 9.37. The average Bonchev–Trinajstić information content (AvgIpc) is 3.32. The van der Waals surface area contributed by atoms with E-state index in [1.54, 1.807) is 6.07 Å². The van der Waals surface area contributed by atoms with Gasteiger partial charge in [0.05, 0.1) is 5.02 Å². The van der Waals surface area contributed by atoms with Crippen molar-refractivity contribution in [2.24, 2.45) is 10.2 Å². The third-order valence-electron chi connectivity index (χ3n) is 4.64. The largest absolute Gasteiger partial charge is 0.215 e. The van der Waals surface area contributed by atoms with Gasteiger partial charge in [0.2, 0.25) is 4.96 Å². The van der Waals surface area contributed by atoms with Crippen molar-refractivity contribution in [1.29, 1.82) is 0 Å². The van der Waals surface area contributed by atoms with Gasteiger partial charge >= 0.3 is 0 Å². The lowest BCUT2D eigenvalue weighted by Gasteiger charge is -2.01. The minimum atomic E-state index is 0.559. The molecule has 3 aromatic carbocycles. The minimum absolute atomic E-state index is 0.559. The molecule has 0 amide bonds. The van der Waals surface area contributed by atoms with Crippen LogP contribution >= 0.6 is 22.9 Å². The lowest BCUT2D eigenvalue weighted by Crippen LogP contribution is -1.89. The van der Waals surface area contributed by atoms with Crippen molar-refractivity contribution in [3.63, 3.8) is 0 Å². The molecule has 0 aliphatic rings. The number of aromatic nitrogens is 3. The number of rotatable bonds is 4. The van der Waals surface area contributed by atoms with E-state index in [1.165, 1.54) is 16.9 Å². The fourth-order valence-corrected chi connectivity index (χ4v) is 4.18. The number of nitrogens with zero attached hydrogens (tertiary/aromatic N) is 5. The number of hydrogen-bond donors (Lipinski definition) is 0. The summed E-state index contributed by atoms with van der Waals surface area (Å²) in [6.45, 7) is 2.06. The molecule has 5 nitrogen and oxygen atoms in total. The van der Waals surface area contributed by atoms with Crippen LogP contribution in [0.25, 0.3) is 27.6 Å². The van der Waals surface area contributed by atoms with Crippen molar-refractivity contribution in [3.8, 4) is 22.6 Å². The number of fused-ring (bicyclic) bond motifs is 1. The van der Waals surface area contributed by atoms with Gasteiger partial charge in [-0.25, -0.2) is 4.52 Å². The Morgan fingerprint density at radius 2 is 1.57 bits per heavy atom. The third-order valence-corrected chi connectivity index (χ3v) is 5.87. The van der Waals surface area contributed by atoms with E-state index in [2.05, 4.69) is 29.3 Å². The predicted octanol–water partition coefficient (Wildman–Crippen LogP) is 7.50. The highest BCUT2D eigenvalue weighted by Gasteiger charge is 2.19. The third kappa shape index (κ3) is 3.51. The molecule has 0 saturated heterocycles. The summed E-state index contributed by atoms with van der Waals surface area (Å²) in [5.41, 5.74) is 4.66. The first-order valence-corrected chi connectivity index (χ1v) is 10.6. The van der Waals surface area contributed by atoms with Crippen molar-refractivity contribution in [2.75, 3.05) is 0 Å². The number of benzene rings is 3. The Bertz CT molecular complexity index is 1350. The van der Waals surface area contributed by atoms with Gasteiger partial charge in [-0.3, -0.25) is 0 Å². The number of azo groups is 1. The molecular weight excluding hydrogens is 414 g/mol. The Morgan fingerprint density at radius 3 is 2.33 bits per heavy atom. The number of halogens is 1. The van der Waals surface area contributed by atoms with Gasteiger partial charge in [-0.05, 0) is 19.1 Å². The van der Waals surface area contributed by atoms with Crippen LogP contribution in [0.4, 0.5) is 10.7 Å². The van der Waals surface area contributed by atoms with Crippen LogP contribution in [0.15, 0.2) is 89.1 Å². The Morgan fingerprint density at radius 1 is 0.833 bits per heavy atom. The maximum atomic E-state index is 6.22. The molecule has 0 saturated carbocycles. The van der Waals surface area contributed by atoms with Crippen LogP contribution in [-0.4, -0.2) is 14.6 Å². The van der Waals surface area contributed by atoms with Crippen LogP contribution in [0.2, 0.25) is 5.02 Å². The second kappa shape index (κ2) is 7.82. The highest BCUT2D eigenvalue weighted by atomic mass is 35.5. The maximum absolute atomic E-state index is 6.22. The van der Waals surface area contributed by atoms with Gasteiger partial charge in [0.15, 0.2) is 10.8 Å². The molecule has 2 aromatic heterocycles. The van der Waals surface area contributed by atoms with Crippen LogP contribution in [0.1, 0.15) is 5.56 Å². The topological polar surface area (TPSA) is 54.9 Å². The van der Waals surface area contributed by atoms with Gasteiger partial charge in [0.1, 0.15) is 11.4 Å². The van der Waals surface area contributed by atoms with Crippen molar-refractivity contribution < 1.29 is 0 Å². The smallest absolute Gasteiger partial charge is 0.200 e. The van der Waals surface area contributed by atoms with E-state index < -0.39 is 0 Å². The van der Waals surface area contributed by atoms with Gasteiger partial charge in [-0.15, -0.1) is 15.3 Å². The monoisotopic (exact) mass is 429 g/mol. The minimum Gasteiger partial charge on any atom is -0.200 e. The molecule has 0 unspecified atom stereocenters. The SMILES string of the molecule is Cc1ccc(-c2nc3sc(N=Nc4ccccc4Cl)c(-c4ccccc4)n3n2)cc1. The zero-order chi connectivity index (χ0) is 20.5. The van der Waals surface area contributed by atoms with E-state index in [1.807, 2.05) is 65.2 Å². The molecule has 7 heteroatoms. The Hall–Kier alpha value is -3.35. The van der Waals surface area contributed by atoms with E-state index in [0.717, 1.165) is 26.8 Å². The molecule has 0 N–H and O–H groups in total. The van der Waals surface area contributed by atoms with Gasteiger partial charge in [0.25, 0.3) is 0 Å². The summed E-state index contributed by atoms with van der Waals surface area (Å²) in [4.78, 5) is 5.50. The quantitative estimate of drug-likeness (QED) is 0.277. The van der Waals surface area contributed by atoms with E-state index in [-0.39, 0.29) is 0 Å². The molecule has 5 aromatic rings. The molecule has 0 radical (unpaired) electrons. The van der Waals surface area contributed by atoms with Gasteiger partial charge in [0, 0.05) is 11.1 Å². The first-order chi connectivity index (χ1) is 14.7. The highest BCUT2D eigenvalue weighted by Crippen LogP contribution is 2.40. The number of aryl methyl sites for hydroxylation is 1. The summed E-state index contributed by atoms with van der Waals surface area (Å²) in [6, 6.07) is 25.6. The second-order valence-electron chi connectivity index (χ2n) is 6.77. The molecule has 0 aliphatic heterocycles. The number of thiazole rings is 1. The van der Waals surface area contributed by atoms with Gasteiger partial charge in [-0.1, -0.05) is 95.2 Å². The van der Waals surface area contributed by atoms with E-state index in [4.69, 9.17) is 21.7 Å². The van der Waals surface area contributed by atoms with E-state index >= 15 is 0 Å². The lowest BCUT2D eigenvalue weighted by molar-refractivity contribution is 0.987. The van der Waals surface area contributed by atoms with Gasteiger partial charge in [-0.2, -0.15) is 4.98 Å². The Kier molecular flexibility index (Phi) is 4.86. The van der Waals surface area contributed by atoms with Crippen molar-refractivity contribution >= 4 is 38.6 Å². The van der Waals surface area contributed by atoms with E-state index in [9.17, 15) is 0 Å². The molecule has 146 valence electrons. The van der Waals surface area contributed by atoms with Crippen LogP contribution in [0, 0.1) is 6.92 Å². The van der Waals surface area contributed by atoms with Crippen LogP contribution < -0.4 is 0 Å². The molecule has 0 bridgehead atoms. The normalized spacial score (nSPS) is 11.5. The summed E-state index contributed by atoms with van der Waals surface area (Å²) in [5.74, 6) is 0.688. The van der Waals surface area contributed by atoms with E-state index in [0.29, 0.717) is 16.5 Å². The van der Waals surface area contributed by atoms with Crippen LogP contribution in [0.5, 0.6) is 0 Å². The zero-order valence-corrected chi connectivity index (χ0v) is 17.6. The summed E-state index contributed by atoms with van der Waals surface area (Å²) in [6.07, 6.45) is 0. The van der Waals surface area contributed by atoms with Crippen molar-refractivity contribution in [3.05, 3.63) is 89.4 Å². The summed E-state index contributed by atoms with van der Waals surface area (Å²) in [5, 5.41) is 14.9. The standard InChI is InChI=1S/C23H16ClN5S/c1-15-11-13-17(14-12-15)21-25-23-29(28-21)20(16-7-3-2-4-8-16)22(30-23)27-26-19-10-6-5-9-18(19)24/h2-14H,1H3. The van der Waals surface area contributed by atoms with Crippen LogP contribution in [-0.2, 0) is 0 Å². The molecule has 0 aliphatic carbocycles. The highest BCUT2D eigenvalue weighted by molar-refractivity contribution is 7.21. The fourth-order valence-electron chi connectivity index (χ4n) is 3.10. The molecule has 30 heavy (non-hydrogen) atoms.